The second-order valence-electron chi connectivity index (χ2n) is 7.58. The van der Waals surface area contributed by atoms with Gasteiger partial charge in [-0.1, -0.05) is 19.9 Å². The van der Waals surface area contributed by atoms with Crippen molar-refractivity contribution in [2.24, 2.45) is 5.92 Å². The van der Waals surface area contributed by atoms with Crippen LogP contribution in [0.2, 0.25) is 0 Å². The van der Waals surface area contributed by atoms with E-state index in [4.69, 9.17) is 0 Å². The number of carbonyl (C=O) groups excluding carboxylic acids is 1. The third kappa shape index (κ3) is 3.71. The zero-order valence-corrected chi connectivity index (χ0v) is 15.8. The molecular formula is C21H25N5O. The lowest BCUT2D eigenvalue weighted by Crippen LogP contribution is -2.48. The van der Waals surface area contributed by atoms with Gasteiger partial charge >= 0.3 is 0 Å². The van der Waals surface area contributed by atoms with Crippen molar-refractivity contribution >= 4 is 16.8 Å². The van der Waals surface area contributed by atoms with E-state index in [2.05, 4.69) is 34.3 Å². The maximum Gasteiger partial charge on any atom is 0.253 e. The molecule has 1 atom stereocenters. The summed E-state index contributed by atoms with van der Waals surface area (Å²) in [7, 11) is 0. The number of nitrogens with zero attached hydrogens (tertiary/aromatic N) is 3. The molecule has 2 aromatic heterocycles. The highest BCUT2D eigenvalue weighted by Gasteiger charge is 2.25. The maximum atomic E-state index is 13.1. The highest BCUT2D eigenvalue weighted by Crippen LogP contribution is 2.23. The minimum Gasteiger partial charge on any atom is -0.335 e. The predicted octanol–water partition coefficient (Wildman–Crippen LogP) is 2.94. The molecule has 1 fully saturated rings. The molecule has 3 aromatic rings. The highest BCUT2D eigenvalue weighted by atomic mass is 16.2. The molecule has 0 spiro atoms. The molecule has 2 N–H and O–H groups in total. The summed E-state index contributed by atoms with van der Waals surface area (Å²) in [4.78, 5) is 19.3. The molecule has 4 rings (SSSR count). The molecular weight excluding hydrogens is 338 g/mol. The van der Waals surface area contributed by atoms with Crippen molar-refractivity contribution in [1.29, 1.82) is 0 Å². The number of aromatic amines is 1. The molecule has 0 saturated carbocycles. The number of piperazine rings is 1. The Morgan fingerprint density at radius 3 is 3.00 bits per heavy atom. The van der Waals surface area contributed by atoms with Gasteiger partial charge < -0.3 is 10.2 Å². The third-order valence-corrected chi connectivity index (χ3v) is 5.04. The van der Waals surface area contributed by atoms with E-state index < -0.39 is 0 Å². The van der Waals surface area contributed by atoms with Crippen LogP contribution in [0.5, 0.6) is 0 Å². The molecule has 1 unspecified atom stereocenters. The van der Waals surface area contributed by atoms with Crippen molar-refractivity contribution in [3.8, 4) is 0 Å². The SMILES string of the molecule is CC(C)Cc1[nH]nc2ccc(C(=O)N3CCNC(c4cccnc4)C3)cc12. The van der Waals surface area contributed by atoms with Gasteiger partial charge in [0.2, 0.25) is 0 Å². The molecule has 1 aliphatic rings. The first kappa shape index (κ1) is 17.7. The van der Waals surface area contributed by atoms with E-state index in [1.54, 1.807) is 6.20 Å². The van der Waals surface area contributed by atoms with Gasteiger partial charge in [-0.3, -0.25) is 14.9 Å². The van der Waals surface area contributed by atoms with Crippen molar-refractivity contribution in [3.05, 3.63) is 59.5 Å². The summed E-state index contributed by atoms with van der Waals surface area (Å²) in [6, 6.07) is 9.90. The van der Waals surface area contributed by atoms with Gasteiger partial charge in [0.25, 0.3) is 5.91 Å². The molecule has 0 bridgehead atoms. The van der Waals surface area contributed by atoms with Gasteiger partial charge in [-0.2, -0.15) is 5.10 Å². The highest BCUT2D eigenvalue weighted by molar-refractivity contribution is 5.98. The largest absolute Gasteiger partial charge is 0.335 e. The summed E-state index contributed by atoms with van der Waals surface area (Å²) in [5.74, 6) is 0.602. The van der Waals surface area contributed by atoms with Crippen molar-refractivity contribution in [1.82, 2.24) is 25.4 Å². The molecule has 140 valence electrons. The molecule has 1 saturated heterocycles. The molecule has 27 heavy (non-hydrogen) atoms. The summed E-state index contributed by atoms with van der Waals surface area (Å²) in [5.41, 5.74) is 3.85. The molecule has 1 amide bonds. The molecule has 1 aliphatic heterocycles. The fourth-order valence-electron chi connectivity index (χ4n) is 3.68. The number of H-pyrrole nitrogens is 1. The molecule has 0 aliphatic carbocycles. The number of aromatic nitrogens is 3. The number of rotatable bonds is 4. The van der Waals surface area contributed by atoms with Gasteiger partial charge in [-0.15, -0.1) is 0 Å². The summed E-state index contributed by atoms with van der Waals surface area (Å²) < 4.78 is 0. The zero-order chi connectivity index (χ0) is 18.8. The van der Waals surface area contributed by atoms with Gasteiger partial charge in [-0.25, -0.2) is 0 Å². The quantitative estimate of drug-likeness (QED) is 0.747. The molecule has 0 radical (unpaired) electrons. The van der Waals surface area contributed by atoms with E-state index in [1.807, 2.05) is 41.4 Å². The van der Waals surface area contributed by atoms with E-state index in [0.717, 1.165) is 40.7 Å². The first-order chi connectivity index (χ1) is 13.1. The average Bonchev–Trinajstić information content (AvgIpc) is 3.09. The van der Waals surface area contributed by atoms with Crippen LogP contribution < -0.4 is 5.32 Å². The number of fused-ring (bicyclic) bond motifs is 1. The number of amides is 1. The van der Waals surface area contributed by atoms with Crippen LogP contribution in [-0.4, -0.2) is 45.6 Å². The van der Waals surface area contributed by atoms with Crippen molar-refractivity contribution < 1.29 is 4.79 Å². The van der Waals surface area contributed by atoms with E-state index in [-0.39, 0.29) is 11.9 Å². The molecule has 1 aromatic carbocycles. The second-order valence-corrected chi connectivity index (χ2v) is 7.58. The number of nitrogens with one attached hydrogen (secondary N) is 2. The fourth-order valence-corrected chi connectivity index (χ4v) is 3.68. The molecule has 6 heteroatoms. The van der Waals surface area contributed by atoms with Gasteiger partial charge in [-0.05, 0) is 42.2 Å². The number of hydrogen-bond acceptors (Lipinski definition) is 4. The second kappa shape index (κ2) is 7.48. The summed E-state index contributed by atoms with van der Waals surface area (Å²) in [5, 5.41) is 12.0. The first-order valence-corrected chi connectivity index (χ1v) is 9.51. The molecule has 6 nitrogen and oxygen atoms in total. The maximum absolute atomic E-state index is 13.1. The van der Waals surface area contributed by atoms with E-state index >= 15 is 0 Å². The van der Waals surface area contributed by atoms with Crippen LogP contribution >= 0.6 is 0 Å². The van der Waals surface area contributed by atoms with E-state index in [9.17, 15) is 4.79 Å². The van der Waals surface area contributed by atoms with Crippen LogP contribution in [0.1, 0.15) is 41.5 Å². The number of benzene rings is 1. The lowest BCUT2D eigenvalue weighted by molar-refractivity contribution is 0.0703. The van der Waals surface area contributed by atoms with Crippen LogP contribution in [0.4, 0.5) is 0 Å². The average molecular weight is 363 g/mol. The lowest BCUT2D eigenvalue weighted by Gasteiger charge is -2.34. The van der Waals surface area contributed by atoms with Crippen LogP contribution in [0, 0.1) is 5.92 Å². The Kier molecular flexibility index (Phi) is 4.90. The fraction of sp³-hybridized carbons (Fsp3) is 0.381. The number of carbonyl (C=O) groups is 1. The van der Waals surface area contributed by atoms with Crippen LogP contribution in [-0.2, 0) is 6.42 Å². The Balaban J connectivity index is 1.56. The lowest BCUT2D eigenvalue weighted by atomic mass is 10.0. The van der Waals surface area contributed by atoms with Crippen LogP contribution in [0.15, 0.2) is 42.7 Å². The van der Waals surface area contributed by atoms with Gasteiger partial charge in [0, 0.05) is 48.7 Å². The van der Waals surface area contributed by atoms with Gasteiger partial charge in [0.05, 0.1) is 11.6 Å². The van der Waals surface area contributed by atoms with E-state index in [1.165, 1.54) is 0 Å². The standard InChI is InChI=1S/C21H25N5O/c1-14(2)10-19-17-11-15(5-6-18(17)24-25-19)21(27)26-9-8-23-20(13-26)16-4-3-7-22-12-16/h3-7,11-12,14,20,23H,8-10,13H2,1-2H3,(H,24,25). The predicted molar refractivity (Wildman–Crippen MR) is 106 cm³/mol. The minimum absolute atomic E-state index is 0.0731. The normalized spacial score (nSPS) is 17.6. The van der Waals surface area contributed by atoms with Crippen molar-refractivity contribution in [3.63, 3.8) is 0 Å². The van der Waals surface area contributed by atoms with Crippen molar-refractivity contribution in [2.45, 2.75) is 26.3 Å². The Morgan fingerprint density at radius 1 is 1.33 bits per heavy atom. The van der Waals surface area contributed by atoms with Gasteiger partial charge in [0.15, 0.2) is 0 Å². The Labute approximate surface area is 159 Å². The zero-order valence-electron chi connectivity index (χ0n) is 15.8. The first-order valence-electron chi connectivity index (χ1n) is 9.51. The summed E-state index contributed by atoms with van der Waals surface area (Å²) in [6.45, 7) is 6.49. The monoisotopic (exact) mass is 363 g/mol. The Hall–Kier alpha value is -2.73. The smallest absolute Gasteiger partial charge is 0.253 e. The van der Waals surface area contributed by atoms with E-state index in [0.29, 0.717) is 19.0 Å². The Morgan fingerprint density at radius 2 is 2.22 bits per heavy atom. The van der Waals surface area contributed by atoms with Crippen molar-refractivity contribution in [2.75, 3.05) is 19.6 Å². The summed E-state index contributed by atoms with van der Waals surface area (Å²) in [6.07, 6.45) is 4.55. The van der Waals surface area contributed by atoms with Crippen LogP contribution in [0.25, 0.3) is 10.9 Å². The van der Waals surface area contributed by atoms with Gasteiger partial charge in [0.1, 0.15) is 0 Å². The number of pyridine rings is 1. The third-order valence-electron chi connectivity index (χ3n) is 5.04. The summed E-state index contributed by atoms with van der Waals surface area (Å²) >= 11 is 0. The number of hydrogen-bond donors (Lipinski definition) is 2. The topological polar surface area (TPSA) is 73.9 Å². The minimum atomic E-state index is 0.0731. The van der Waals surface area contributed by atoms with Crippen LogP contribution in [0.3, 0.4) is 0 Å². The molecule has 3 heterocycles. The Bertz CT molecular complexity index is 934.